The smallest absolute Gasteiger partial charge is 0.233 e. The van der Waals surface area contributed by atoms with Crippen LogP contribution in [0, 0.1) is 6.92 Å². The van der Waals surface area contributed by atoms with Gasteiger partial charge in [0.25, 0.3) is 0 Å². The van der Waals surface area contributed by atoms with E-state index in [9.17, 15) is 4.79 Å². The lowest BCUT2D eigenvalue weighted by Crippen LogP contribution is -2.41. The fraction of sp³-hybridized carbons (Fsp3) is 0.438. The minimum atomic E-state index is 0.0949. The summed E-state index contributed by atoms with van der Waals surface area (Å²) in [6, 6.07) is 1.87. The number of morpholine rings is 1. The molecule has 0 bridgehead atoms. The monoisotopic (exact) mass is 348 g/mol. The Labute approximate surface area is 144 Å². The van der Waals surface area contributed by atoms with Crippen molar-refractivity contribution in [1.29, 1.82) is 0 Å². The molecular formula is C16H20N4O3S. The molecule has 1 saturated heterocycles. The van der Waals surface area contributed by atoms with Crippen LogP contribution in [-0.4, -0.2) is 57.6 Å². The molecule has 0 aromatic carbocycles. The predicted molar refractivity (Wildman–Crippen MR) is 90.8 cm³/mol. The summed E-state index contributed by atoms with van der Waals surface area (Å²) in [7, 11) is 0. The Morgan fingerprint density at radius 3 is 2.88 bits per heavy atom. The molecule has 3 rings (SSSR count). The predicted octanol–water partition coefficient (Wildman–Crippen LogP) is 1.98. The van der Waals surface area contributed by atoms with Crippen molar-refractivity contribution in [2.24, 2.45) is 0 Å². The second-order valence-corrected chi connectivity index (χ2v) is 6.32. The molecule has 0 aliphatic carbocycles. The molecule has 0 spiro atoms. The summed E-state index contributed by atoms with van der Waals surface area (Å²) < 4.78 is 12.6. The van der Waals surface area contributed by atoms with Crippen LogP contribution < -0.4 is 0 Å². The number of carbonyl (C=O) groups excluding carboxylic acids is 1. The van der Waals surface area contributed by atoms with Gasteiger partial charge in [0.05, 0.1) is 30.8 Å². The number of nitrogens with zero attached hydrogens (tertiary/aromatic N) is 4. The van der Waals surface area contributed by atoms with Crippen molar-refractivity contribution in [3.63, 3.8) is 0 Å². The highest BCUT2D eigenvalue weighted by Gasteiger charge is 2.20. The van der Waals surface area contributed by atoms with Crippen molar-refractivity contribution < 1.29 is 13.9 Å². The first kappa shape index (κ1) is 16.8. The quantitative estimate of drug-likeness (QED) is 0.587. The third-order valence-electron chi connectivity index (χ3n) is 3.82. The lowest BCUT2D eigenvalue weighted by Gasteiger charge is -2.26. The molecule has 24 heavy (non-hydrogen) atoms. The van der Waals surface area contributed by atoms with Crippen LogP contribution in [0.15, 0.2) is 34.6 Å². The number of aryl methyl sites for hydroxylation is 1. The van der Waals surface area contributed by atoms with E-state index in [1.54, 1.807) is 12.3 Å². The molecule has 7 nitrogen and oxygen atoms in total. The summed E-state index contributed by atoms with van der Waals surface area (Å²) in [5, 5.41) is 9.21. The highest BCUT2D eigenvalue weighted by molar-refractivity contribution is 7.99. The number of allylic oxidation sites excluding steroid dienone is 1. The van der Waals surface area contributed by atoms with Crippen LogP contribution in [-0.2, 0) is 16.1 Å². The summed E-state index contributed by atoms with van der Waals surface area (Å²) in [6.45, 7) is 8.76. The second-order valence-electron chi connectivity index (χ2n) is 5.38. The van der Waals surface area contributed by atoms with Crippen LogP contribution in [0.5, 0.6) is 0 Å². The molecule has 8 heteroatoms. The Morgan fingerprint density at radius 2 is 2.21 bits per heavy atom. The highest BCUT2D eigenvalue weighted by atomic mass is 32.2. The maximum absolute atomic E-state index is 12.3. The van der Waals surface area contributed by atoms with E-state index in [2.05, 4.69) is 16.8 Å². The molecule has 0 N–H and O–H groups in total. The zero-order valence-electron chi connectivity index (χ0n) is 13.6. The molecule has 0 unspecified atom stereocenters. The van der Waals surface area contributed by atoms with Gasteiger partial charge < -0.3 is 14.1 Å². The Kier molecular flexibility index (Phi) is 5.37. The number of aromatic nitrogens is 3. The summed E-state index contributed by atoms with van der Waals surface area (Å²) in [4.78, 5) is 14.1. The average molecular weight is 348 g/mol. The average Bonchev–Trinajstić information content (AvgIpc) is 3.20. The number of rotatable bonds is 6. The lowest BCUT2D eigenvalue weighted by molar-refractivity contribution is -0.132. The SMILES string of the molecule is C=CCn1c(SCC(=O)N2CCOCC2)nnc1-c1ccoc1C. The Morgan fingerprint density at radius 1 is 1.42 bits per heavy atom. The van der Waals surface area contributed by atoms with Crippen molar-refractivity contribution in [2.45, 2.75) is 18.6 Å². The zero-order chi connectivity index (χ0) is 16.9. The summed E-state index contributed by atoms with van der Waals surface area (Å²) in [6.07, 6.45) is 3.42. The maximum atomic E-state index is 12.3. The number of hydrogen-bond acceptors (Lipinski definition) is 6. The lowest BCUT2D eigenvalue weighted by atomic mass is 10.2. The van der Waals surface area contributed by atoms with Crippen LogP contribution in [0.2, 0.25) is 0 Å². The molecule has 0 saturated carbocycles. The van der Waals surface area contributed by atoms with Crippen LogP contribution in [0.3, 0.4) is 0 Å². The standard InChI is InChI=1S/C16H20N4O3S/c1-3-5-20-15(13-4-8-23-12(13)2)17-18-16(20)24-11-14(21)19-6-9-22-10-7-19/h3-4,8H,1,5-7,9-11H2,2H3. The Bertz CT molecular complexity index is 719. The number of ether oxygens (including phenoxy) is 1. The molecule has 2 aromatic rings. The largest absolute Gasteiger partial charge is 0.469 e. The molecule has 1 amide bonds. The summed E-state index contributed by atoms with van der Waals surface area (Å²) >= 11 is 1.39. The van der Waals surface area contributed by atoms with Gasteiger partial charge in [-0.2, -0.15) is 0 Å². The van der Waals surface area contributed by atoms with Crippen LogP contribution in [0.1, 0.15) is 5.76 Å². The van der Waals surface area contributed by atoms with E-state index in [0.717, 1.165) is 17.1 Å². The minimum absolute atomic E-state index is 0.0949. The Hall–Kier alpha value is -2.06. The number of furan rings is 1. The van der Waals surface area contributed by atoms with Crippen molar-refractivity contribution in [1.82, 2.24) is 19.7 Å². The topological polar surface area (TPSA) is 73.4 Å². The molecule has 1 aliphatic heterocycles. The number of carbonyl (C=O) groups is 1. The second kappa shape index (κ2) is 7.67. The Balaban J connectivity index is 1.73. The van der Waals surface area contributed by atoms with Gasteiger partial charge in [-0.05, 0) is 13.0 Å². The van der Waals surface area contributed by atoms with Gasteiger partial charge in [-0.15, -0.1) is 16.8 Å². The van der Waals surface area contributed by atoms with Gasteiger partial charge in [0, 0.05) is 19.6 Å². The third-order valence-corrected chi connectivity index (χ3v) is 4.77. The highest BCUT2D eigenvalue weighted by Crippen LogP contribution is 2.27. The fourth-order valence-corrected chi connectivity index (χ4v) is 3.39. The zero-order valence-corrected chi connectivity index (χ0v) is 14.4. The van der Waals surface area contributed by atoms with Gasteiger partial charge in [0.15, 0.2) is 11.0 Å². The van der Waals surface area contributed by atoms with Gasteiger partial charge in [-0.3, -0.25) is 9.36 Å². The summed E-state index contributed by atoms with van der Waals surface area (Å²) in [5.74, 6) is 1.94. The van der Waals surface area contributed by atoms with Gasteiger partial charge in [0.2, 0.25) is 5.91 Å². The number of thioether (sulfide) groups is 1. The van der Waals surface area contributed by atoms with Crippen molar-refractivity contribution >= 4 is 17.7 Å². The third kappa shape index (κ3) is 3.54. The molecule has 128 valence electrons. The first-order valence-electron chi connectivity index (χ1n) is 7.77. The van der Waals surface area contributed by atoms with Gasteiger partial charge >= 0.3 is 0 Å². The van der Waals surface area contributed by atoms with E-state index >= 15 is 0 Å². The van der Waals surface area contributed by atoms with Crippen molar-refractivity contribution in [3.8, 4) is 11.4 Å². The maximum Gasteiger partial charge on any atom is 0.233 e. The first-order valence-corrected chi connectivity index (χ1v) is 8.76. The van der Waals surface area contributed by atoms with Gasteiger partial charge in [0.1, 0.15) is 5.76 Å². The van der Waals surface area contributed by atoms with Crippen LogP contribution in [0.4, 0.5) is 0 Å². The molecule has 0 atom stereocenters. The first-order chi connectivity index (χ1) is 11.7. The number of amides is 1. The van der Waals surface area contributed by atoms with E-state index < -0.39 is 0 Å². The van der Waals surface area contributed by atoms with E-state index in [1.165, 1.54) is 11.8 Å². The molecule has 3 heterocycles. The molecule has 1 fully saturated rings. The molecule has 0 radical (unpaired) electrons. The van der Waals surface area contributed by atoms with Gasteiger partial charge in [-0.1, -0.05) is 17.8 Å². The molecule has 1 aliphatic rings. The summed E-state index contributed by atoms with van der Waals surface area (Å²) in [5.41, 5.74) is 0.899. The van der Waals surface area contributed by atoms with Crippen molar-refractivity contribution in [2.75, 3.05) is 32.1 Å². The molecule has 2 aromatic heterocycles. The van der Waals surface area contributed by atoms with E-state index in [0.29, 0.717) is 43.8 Å². The van der Waals surface area contributed by atoms with Crippen LogP contribution in [0.25, 0.3) is 11.4 Å². The normalized spacial score (nSPS) is 14.8. The van der Waals surface area contributed by atoms with E-state index in [1.807, 2.05) is 22.5 Å². The van der Waals surface area contributed by atoms with Crippen molar-refractivity contribution in [3.05, 3.63) is 30.7 Å². The van der Waals surface area contributed by atoms with E-state index in [-0.39, 0.29) is 5.91 Å². The van der Waals surface area contributed by atoms with Gasteiger partial charge in [-0.25, -0.2) is 0 Å². The fourth-order valence-electron chi connectivity index (χ4n) is 2.54. The van der Waals surface area contributed by atoms with Crippen LogP contribution >= 0.6 is 11.8 Å². The van der Waals surface area contributed by atoms with E-state index in [4.69, 9.17) is 9.15 Å². The molecular weight excluding hydrogens is 328 g/mol. The minimum Gasteiger partial charge on any atom is -0.469 e. The number of hydrogen-bond donors (Lipinski definition) is 0.